The molecule has 0 amide bonds. The summed E-state index contributed by atoms with van der Waals surface area (Å²) in [6, 6.07) is 0. The molecule has 0 heterocycles. The smallest absolute Gasteiger partial charge is 0.0606 e. The maximum Gasteiger partial charge on any atom is 0.0606 e. The van der Waals surface area contributed by atoms with E-state index in [2.05, 4.69) is 20.8 Å². The molecule has 0 saturated carbocycles. The van der Waals surface area contributed by atoms with Crippen LogP contribution in [0.4, 0.5) is 0 Å². The van der Waals surface area contributed by atoms with Crippen LogP contribution < -0.4 is 22.7 Å². The van der Waals surface area contributed by atoms with Gasteiger partial charge < -0.3 is 22.7 Å². The topological polar surface area (TPSA) is 26.0 Å². The molecule has 1 nitrogen and oxygen atoms in total. The minimum atomic E-state index is -0.759. The van der Waals surface area contributed by atoms with Gasteiger partial charge in [-0.1, -0.05) is 97.8 Å². The molecule has 3 heteroatoms. The lowest BCUT2D eigenvalue weighted by Gasteiger charge is -2.28. The Hall–Kier alpha value is 0.870. The number of hydrogen-bond donors (Lipinski definition) is 1. The van der Waals surface area contributed by atoms with Crippen molar-refractivity contribution in [3.63, 3.8) is 0 Å². The molecular formula is C27H59BrNP. The maximum absolute atomic E-state index is 5.98. The van der Waals surface area contributed by atoms with Gasteiger partial charge in [0.2, 0.25) is 0 Å². The Labute approximate surface area is 203 Å². The summed E-state index contributed by atoms with van der Waals surface area (Å²) in [6.45, 7) is 7.88. The van der Waals surface area contributed by atoms with Gasteiger partial charge in [0.1, 0.15) is 0 Å². The van der Waals surface area contributed by atoms with Crippen LogP contribution in [0.15, 0.2) is 0 Å². The number of nitrogens with two attached hydrogens (primary N) is 1. The first-order valence-corrected chi connectivity index (χ1v) is 16.3. The molecule has 0 unspecified atom stereocenters. The van der Waals surface area contributed by atoms with Crippen molar-refractivity contribution in [2.75, 3.05) is 31.2 Å². The second-order valence-electron chi connectivity index (χ2n) is 9.68. The standard InChI is InChI=1S/C27H59NP.BrH/c1-4-7-10-13-16-19-24-29(27-22-23-28,25-20-17-14-11-8-5-2)26-21-18-15-12-9-6-3;/h4-28H2,1-3H3;1H/q+1;/p-1. The third-order valence-electron chi connectivity index (χ3n) is 6.79. The van der Waals surface area contributed by atoms with Gasteiger partial charge in [0.25, 0.3) is 0 Å². The summed E-state index contributed by atoms with van der Waals surface area (Å²) in [6.07, 6.45) is 33.7. The molecule has 0 atom stereocenters. The highest BCUT2D eigenvalue weighted by Gasteiger charge is 2.34. The van der Waals surface area contributed by atoms with Crippen LogP contribution in [0.5, 0.6) is 0 Å². The predicted molar refractivity (Wildman–Crippen MR) is 140 cm³/mol. The van der Waals surface area contributed by atoms with Crippen LogP contribution in [0.3, 0.4) is 0 Å². The number of halogens is 1. The van der Waals surface area contributed by atoms with Gasteiger partial charge in [-0.25, -0.2) is 0 Å². The average molecular weight is 509 g/mol. The van der Waals surface area contributed by atoms with Crippen LogP contribution in [0.25, 0.3) is 0 Å². The van der Waals surface area contributed by atoms with E-state index in [0.717, 1.165) is 6.54 Å². The molecule has 0 aliphatic carbocycles. The molecule has 0 aromatic heterocycles. The zero-order chi connectivity index (χ0) is 21.5. The largest absolute Gasteiger partial charge is 1.00 e. The van der Waals surface area contributed by atoms with E-state index < -0.39 is 7.26 Å². The van der Waals surface area contributed by atoms with Gasteiger partial charge in [0.05, 0.1) is 24.6 Å². The van der Waals surface area contributed by atoms with Crippen molar-refractivity contribution in [1.82, 2.24) is 0 Å². The molecule has 2 N–H and O–H groups in total. The summed E-state index contributed by atoms with van der Waals surface area (Å²) in [5, 5.41) is 0. The molecule has 0 aromatic rings. The Bertz CT molecular complexity index is 270. The first kappa shape index (κ1) is 33.0. The Morgan fingerprint density at radius 2 is 0.667 bits per heavy atom. The Morgan fingerprint density at radius 3 is 0.967 bits per heavy atom. The Kier molecular flexibility index (Phi) is 28.8. The summed E-state index contributed by atoms with van der Waals surface area (Å²) < 4.78 is 0. The second kappa shape index (κ2) is 26.1. The lowest BCUT2D eigenvalue weighted by Crippen LogP contribution is -3.00. The molecule has 0 bridgehead atoms. The molecule has 0 saturated heterocycles. The molecule has 184 valence electrons. The van der Waals surface area contributed by atoms with Gasteiger partial charge in [0.15, 0.2) is 0 Å². The van der Waals surface area contributed by atoms with Crippen LogP contribution >= 0.6 is 7.26 Å². The normalized spacial score (nSPS) is 11.6. The Morgan fingerprint density at radius 1 is 0.400 bits per heavy atom. The van der Waals surface area contributed by atoms with E-state index in [0.29, 0.717) is 0 Å². The molecule has 0 aromatic carbocycles. The quantitative estimate of drug-likeness (QED) is 0.118. The zero-order valence-corrected chi connectivity index (χ0v) is 23.9. The summed E-state index contributed by atoms with van der Waals surface area (Å²) in [5.74, 6) is 0. The SMILES string of the molecule is CCCCCCCC[P+](CCCN)(CCCCCCCC)CCCCCCCC.[Br-]. The maximum atomic E-state index is 5.98. The first-order chi connectivity index (χ1) is 14.2. The first-order valence-electron chi connectivity index (χ1n) is 13.8. The Balaban J connectivity index is 0. The second-order valence-corrected chi connectivity index (χ2v) is 14.2. The van der Waals surface area contributed by atoms with Crippen molar-refractivity contribution in [3.8, 4) is 0 Å². The van der Waals surface area contributed by atoms with Crippen molar-refractivity contribution in [1.29, 1.82) is 0 Å². The molecule has 0 fully saturated rings. The summed E-state index contributed by atoms with van der Waals surface area (Å²) >= 11 is 0. The van der Waals surface area contributed by atoms with Crippen molar-refractivity contribution in [2.24, 2.45) is 5.73 Å². The summed E-state index contributed by atoms with van der Waals surface area (Å²) in [4.78, 5) is 0. The summed E-state index contributed by atoms with van der Waals surface area (Å²) in [5.41, 5.74) is 5.98. The third kappa shape index (κ3) is 20.8. The zero-order valence-electron chi connectivity index (χ0n) is 21.4. The van der Waals surface area contributed by atoms with Crippen LogP contribution in [-0.2, 0) is 0 Å². The monoisotopic (exact) mass is 507 g/mol. The molecule has 0 aliphatic heterocycles. The number of rotatable bonds is 24. The highest BCUT2D eigenvalue weighted by atomic mass is 79.9. The molecule has 0 spiro atoms. The van der Waals surface area contributed by atoms with E-state index in [9.17, 15) is 0 Å². The van der Waals surface area contributed by atoms with Gasteiger partial charge in [-0.3, -0.25) is 0 Å². The van der Waals surface area contributed by atoms with Crippen LogP contribution in [0.1, 0.15) is 143 Å². The predicted octanol–water partition coefficient (Wildman–Crippen LogP) is 6.44. The lowest BCUT2D eigenvalue weighted by molar-refractivity contribution is -0.00000669. The molecular weight excluding hydrogens is 449 g/mol. The van der Waals surface area contributed by atoms with Crippen LogP contribution in [0, 0.1) is 0 Å². The van der Waals surface area contributed by atoms with Crippen molar-refractivity contribution >= 4 is 7.26 Å². The minimum Gasteiger partial charge on any atom is -1.00 e. The van der Waals surface area contributed by atoms with Crippen molar-refractivity contribution in [2.45, 2.75) is 143 Å². The lowest BCUT2D eigenvalue weighted by atomic mass is 10.1. The molecule has 0 aliphatic rings. The van der Waals surface area contributed by atoms with E-state index in [-0.39, 0.29) is 17.0 Å². The van der Waals surface area contributed by atoms with Crippen molar-refractivity contribution < 1.29 is 17.0 Å². The van der Waals surface area contributed by atoms with E-state index in [1.165, 1.54) is 128 Å². The summed E-state index contributed by atoms with van der Waals surface area (Å²) in [7, 11) is -0.759. The van der Waals surface area contributed by atoms with E-state index in [1.54, 1.807) is 18.5 Å². The number of hydrogen-bond acceptors (Lipinski definition) is 1. The average Bonchev–Trinajstić information content (AvgIpc) is 2.74. The fraction of sp³-hybridized carbons (Fsp3) is 1.00. The fourth-order valence-corrected chi connectivity index (χ4v) is 9.66. The van der Waals surface area contributed by atoms with E-state index >= 15 is 0 Å². The highest BCUT2D eigenvalue weighted by molar-refractivity contribution is 7.75. The highest BCUT2D eigenvalue weighted by Crippen LogP contribution is 2.61. The van der Waals surface area contributed by atoms with Gasteiger partial charge in [-0.2, -0.15) is 0 Å². The molecule has 30 heavy (non-hydrogen) atoms. The van der Waals surface area contributed by atoms with E-state index in [1.807, 2.05) is 0 Å². The molecule has 0 radical (unpaired) electrons. The number of unbranched alkanes of at least 4 members (excludes halogenated alkanes) is 15. The van der Waals surface area contributed by atoms with Crippen LogP contribution in [0.2, 0.25) is 0 Å². The van der Waals surface area contributed by atoms with Gasteiger partial charge in [-0.05, 0) is 51.5 Å². The van der Waals surface area contributed by atoms with E-state index in [4.69, 9.17) is 5.73 Å². The minimum absolute atomic E-state index is 0. The molecule has 0 rings (SSSR count). The fourth-order valence-electron chi connectivity index (χ4n) is 4.78. The van der Waals surface area contributed by atoms with Gasteiger partial charge in [-0.15, -0.1) is 0 Å². The third-order valence-corrected chi connectivity index (χ3v) is 11.9. The van der Waals surface area contributed by atoms with Gasteiger partial charge >= 0.3 is 0 Å². The van der Waals surface area contributed by atoms with Gasteiger partial charge in [0, 0.05) is 7.26 Å². The van der Waals surface area contributed by atoms with Crippen LogP contribution in [-0.4, -0.2) is 31.2 Å². The van der Waals surface area contributed by atoms with Crippen molar-refractivity contribution in [3.05, 3.63) is 0 Å².